The molecule has 1 aliphatic heterocycles. The van der Waals surface area contributed by atoms with Crippen molar-refractivity contribution in [2.45, 2.75) is 6.54 Å². The summed E-state index contributed by atoms with van der Waals surface area (Å²) < 4.78 is 16.1. The van der Waals surface area contributed by atoms with Gasteiger partial charge in [-0.25, -0.2) is 0 Å². The number of hydrogen-bond acceptors (Lipinski definition) is 6. The number of methoxy groups -OCH3 is 3. The number of imide groups is 1. The Morgan fingerprint density at radius 1 is 0.871 bits per heavy atom. The third kappa shape index (κ3) is 3.96. The lowest BCUT2D eigenvalue weighted by Crippen LogP contribution is -2.27. The Labute approximate surface area is 184 Å². The monoisotopic (exact) mass is 435 g/mol. The van der Waals surface area contributed by atoms with Crippen LogP contribution < -0.4 is 14.2 Å². The van der Waals surface area contributed by atoms with E-state index in [-0.39, 0.29) is 17.7 Å². The fourth-order valence-electron chi connectivity index (χ4n) is 3.54. The number of fused-ring (bicyclic) bond motifs is 1. The quantitative estimate of drug-likeness (QED) is 0.502. The van der Waals surface area contributed by atoms with Crippen LogP contribution in [-0.4, -0.2) is 37.4 Å². The molecule has 0 N–H and O–H groups in total. The topological polar surface area (TPSA) is 65.1 Å². The second-order valence-corrected chi connectivity index (χ2v) is 7.85. The molecule has 0 atom stereocenters. The second-order valence-electron chi connectivity index (χ2n) is 6.86. The van der Waals surface area contributed by atoms with Gasteiger partial charge in [-0.05, 0) is 40.2 Å². The van der Waals surface area contributed by atoms with Gasteiger partial charge in [0.15, 0.2) is 11.5 Å². The molecule has 0 aliphatic carbocycles. The van der Waals surface area contributed by atoms with Crippen molar-refractivity contribution in [1.82, 2.24) is 4.90 Å². The summed E-state index contributed by atoms with van der Waals surface area (Å²) in [6, 6.07) is 17.2. The van der Waals surface area contributed by atoms with Crippen molar-refractivity contribution in [3.05, 3.63) is 70.6 Å². The van der Waals surface area contributed by atoms with E-state index in [9.17, 15) is 9.59 Å². The zero-order chi connectivity index (χ0) is 22.0. The van der Waals surface area contributed by atoms with Gasteiger partial charge in [0.1, 0.15) is 5.75 Å². The molecule has 4 rings (SSSR count). The van der Waals surface area contributed by atoms with Crippen LogP contribution in [0, 0.1) is 0 Å². The summed E-state index contributed by atoms with van der Waals surface area (Å²) in [7, 11) is 4.60. The van der Waals surface area contributed by atoms with Gasteiger partial charge in [0.05, 0.1) is 32.8 Å². The van der Waals surface area contributed by atoms with Crippen LogP contribution in [0.25, 0.3) is 16.8 Å². The Morgan fingerprint density at radius 2 is 1.55 bits per heavy atom. The van der Waals surface area contributed by atoms with Crippen LogP contribution in [0.1, 0.15) is 11.1 Å². The van der Waals surface area contributed by atoms with Crippen LogP contribution in [-0.2, 0) is 11.3 Å². The number of carbonyl (C=O) groups excluding carboxylic acids is 2. The van der Waals surface area contributed by atoms with E-state index in [0.29, 0.717) is 27.7 Å². The minimum absolute atomic E-state index is 0.215. The maximum atomic E-state index is 13.1. The Hall–Kier alpha value is -3.45. The molecule has 1 saturated heterocycles. The van der Waals surface area contributed by atoms with Gasteiger partial charge in [-0.3, -0.25) is 14.5 Å². The fraction of sp³-hybridized carbons (Fsp3) is 0.167. The summed E-state index contributed by atoms with van der Waals surface area (Å²) >= 11 is 0.915. The first-order valence-electron chi connectivity index (χ1n) is 9.57. The molecular weight excluding hydrogens is 414 g/mol. The fourth-order valence-corrected chi connectivity index (χ4v) is 4.37. The number of ether oxygens (including phenoxy) is 3. The number of rotatable bonds is 6. The van der Waals surface area contributed by atoms with E-state index in [2.05, 4.69) is 0 Å². The minimum Gasteiger partial charge on any atom is -0.496 e. The Bertz CT molecular complexity index is 1200. The number of thioether (sulfide) groups is 1. The highest BCUT2D eigenvalue weighted by molar-refractivity contribution is 8.18. The molecule has 1 heterocycles. The van der Waals surface area contributed by atoms with E-state index >= 15 is 0 Å². The summed E-state index contributed by atoms with van der Waals surface area (Å²) in [5, 5.41) is 1.79. The molecule has 3 aromatic carbocycles. The number of carbonyl (C=O) groups is 2. The van der Waals surface area contributed by atoms with Gasteiger partial charge in [-0.15, -0.1) is 0 Å². The molecule has 1 fully saturated rings. The maximum Gasteiger partial charge on any atom is 0.293 e. The summed E-state index contributed by atoms with van der Waals surface area (Å²) in [4.78, 5) is 27.3. The lowest BCUT2D eigenvalue weighted by atomic mass is 10.0. The summed E-state index contributed by atoms with van der Waals surface area (Å²) in [5.41, 5.74) is 1.54. The molecule has 3 aromatic rings. The zero-order valence-corrected chi connectivity index (χ0v) is 18.2. The lowest BCUT2D eigenvalue weighted by molar-refractivity contribution is -0.123. The SMILES string of the molecule is COc1cc(OC)c(OC)cc1/C=C1\SC(=O)N(Cc2cccc3ccccc23)C1=O. The lowest BCUT2D eigenvalue weighted by Gasteiger charge is -2.14. The molecule has 0 saturated carbocycles. The Kier molecular flexibility index (Phi) is 5.86. The smallest absolute Gasteiger partial charge is 0.293 e. The minimum atomic E-state index is -0.334. The van der Waals surface area contributed by atoms with Crippen LogP contribution in [0.3, 0.4) is 0 Å². The average molecular weight is 436 g/mol. The van der Waals surface area contributed by atoms with Crippen molar-refractivity contribution >= 4 is 39.8 Å². The first kappa shape index (κ1) is 20.8. The van der Waals surface area contributed by atoms with E-state index in [0.717, 1.165) is 28.1 Å². The van der Waals surface area contributed by atoms with Crippen LogP contribution in [0.2, 0.25) is 0 Å². The van der Waals surface area contributed by atoms with E-state index in [1.165, 1.54) is 26.2 Å². The average Bonchev–Trinajstić information content (AvgIpc) is 3.06. The molecule has 0 bridgehead atoms. The third-order valence-corrected chi connectivity index (χ3v) is 6.01. The number of hydrogen-bond donors (Lipinski definition) is 0. The molecule has 2 amide bonds. The molecule has 1 aliphatic rings. The predicted molar refractivity (Wildman–Crippen MR) is 122 cm³/mol. The molecule has 7 heteroatoms. The van der Waals surface area contributed by atoms with Gasteiger partial charge in [0.2, 0.25) is 0 Å². The summed E-state index contributed by atoms with van der Waals surface area (Å²) in [6.07, 6.45) is 1.65. The van der Waals surface area contributed by atoms with Gasteiger partial charge in [0.25, 0.3) is 11.1 Å². The molecule has 0 spiro atoms. The van der Waals surface area contributed by atoms with Gasteiger partial charge < -0.3 is 14.2 Å². The number of amides is 2. The highest BCUT2D eigenvalue weighted by Crippen LogP contribution is 2.39. The van der Waals surface area contributed by atoms with E-state index < -0.39 is 0 Å². The van der Waals surface area contributed by atoms with E-state index in [4.69, 9.17) is 14.2 Å². The molecule has 0 radical (unpaired) electrons. The first-order valence-corrected chi connectivity index (χ1v) is 10.4. The zero-order valence-electron chi connectivity index (χ0n) is 17.4. The van der Waals surface area contributed by atoms with Crippen LogP contribution in [0.5, 0.6) is 17.2 Å². The largest absolute Gasteiger partial charge is 0.496 e. The van der Waals surface area contributed by atoms with Crippen LogP contribution in [0.15, 0.2) is 59.5 Å². The normalized spacial score (nSPS) is 15.1. The maximum absolute atomic E-state index is 13.1. The van der Waals surface area contributed by atoms with Gasteiger partial charge in [-0.2, -0.15) is 0 Å². The highest BCUT2D eigenvalue weighted by Gasteiger charge is 2.35. The van der Waals surface area contributed by atoms with E-state index in [1.807, 2.05) is 42.5 Å². The molecule has 0 aromatic heterocycles. The van der Waals surface area contributed by atoms with E-state index in [1.54, 1.807) is 18.2 Å². The molecular formula is C24H21NO5S. The molecule has 6 nitrogen and oxygen atoms in total. The molecule has 31 heavy (non-hydrogen) atoms. The predicted octanol–water partition coefficient (Wildman–Crippen LogP) is 5.10. The van der Waals surface area contributed by atoms with Gasteiger partial charge in [0, 0.05) is 11.6 Å². The van der Waals surface area contributed by atoms with Gasteiger partial charge in [-0.1, -0.05) is 42.5 Å². The third-order valence-electron chi connectivity index (χ3n) is 5.10. The second kappa shape index (κ2) is 8.73. The van der Waals surface area contributed by atoms with Crippen molar-refractivity contribution in [3.63, 3.8) is 0 Å². The number of benzene rings is 3. The van der Waals surface area contributed by atoms with Crippen molar-refractivity contribution in [3.8, 4) is 17.2 Å². The summed E-state index contributed by atoms with van der Waals surface area (Å²) in [5.74, 6) is 1.20. The van der Waals surface area contributed by atoms with Crippen LogP contribution in [0.4, 0.5) is 4.79 Å². The standard InChI is InChI=1S/C24H21NO5S/c1-28-19-13-21(30-3)20(29-2)11-17(19)12-22-23(26)25(24(27)31-22)14-16-9-6-8-15-7-4-5-10-18(15)16/h4-13H,14H2,1-3H3/b22-12-. The Balaban J connectivity index is 1.66. The Morgan fingerprint density at radius 3 is 2.29 bits per heavy atom. The van der Waals surface area contributed by atoms with Crippen LogP contribution >= 0.6 is 11.8 Å². The summed E-state index contributed by atoms with van der Waals surface area (Å²) in [6.45, 7) is 0.215. The van der Waals surface area contributed by atoms with Crippen molar-refractivity contribution in [1.29, 1.82) is 0 Å². The molecule has 0 unspecified atom stereocenters. The molecule has 158 valence electrons. The highest BCUT2D eigenvalue weighted by atomic mass is 32.2. The number of nitrogens with zero attached hydrogens (tertiary/aromatic N) is 1. The van der Waals surface area contributed by atoms with Crippen molar-refractivity contribution in [2.24, 2.45) is 0 Å². The first-order chi connectivity index (χ1) is 15.0. The van der Waals surface area contributed by atoms with Crippen molar-refractivity contribution < 1.29 is 23.8 Å². The van der Waals surface area contributed by atoms with Crippen molar-refractivity contribution in [2.75, 3.05) is 21.3 Å². The van der Waals surface area contributed by atoms with Gasteiger partial charge >= 0.3 is 0 Å².